The third-order valence-electron chi connectivity index (χ3n) is 4.53. The molecule has 0 saturated carbocycles. The number of ether oxygens (including phenoxy) is 3. The molecule has 0 bridgehead atoms. The van der Waals surface area contributed by atoms with Gasteiger partial charge in [0.2, 0.25) is 5.91 Å². The van der Waals surface area contributed by atoms with E-state index in [1.54, 1.807) is 55.5 Å². The summed E-state index contributed by atoms with van der Waals surface area (Å²) in [7, 11) is 0. The minimum atomic E-state index is -0.542. The normalized spacial score (nSPS) is 14.3. The van der Waals surface area contributed by atoms with Gasteiger partial charge in [-0.2, -0.15) is 0 Å². The minimum Gasteiger partial charge on any atom is -0.494 e. The second kappa shape index (κ2) is 12.6. The van der Waals surface area contributed by atoms with Gasteiger partial charge in [-0.25, -0.2) is 4.79 Å². The molecule has 35 heavy (non-hydrogen) atoms. The maximum Gasteiger partial charge on any atom is 0.344 e. The van der Waals surface area contributed by atoms with Gasteiger partial charge in [-0.05, 0) is 96.2 Å². The van der Waals surface area contributed by atoms with Gasteiger partial charge in [0, 0.05) is 5.69 Å². The fourth-order valence-electron chi connectivity index (χ4n) is 3.00. The highest BCUT2D eigenvalue weighted by atomic mass is 127. The highest BCUT2D eigenvalue weighted by molar-refractivity contribution is 14.1. The van der Waals surface area contributed by atoms with Crippen molar-refractivity contribution in [3.63, 3.8) is 0 Å². The van der Waals surface area contributed by atoms with Crippen molar-refractivity contribution in [1.29, 1.82) is 0 Å². The van der Waals surface area contributed by atoms with E-state index in [9.17, 15) is 19.2 Å². The van der Waals surface area contributed by atoms with Gasteiger partial charge in [0.25, 0.3) is 11.1 Å². The van der Waals surface area contributed by atoms with Gasteiger partial charge in [-0.15, -0.1) is 0 Å². The van der Waals surface area contributed by atoms with E-state index in [2.05, 4.69) is 27.9 Å². The number of carbonyl (C=O) groups excluding carboxylic acids is 4. The van der Waals surface area contributed by atoms with E-state index in [1.165, 1.54) is 0 Å². The quantitative estimate of drug-likeness (QED) is 0.241. The van der Waals surface area contributed by atoms with Crippen molar-refractivity contribution in [2.45, 2.75) is 13.8 Å². The summed E-state index contributed by atoms with van der Waals surface area (Å²) in [5.74, 6) is -0.327. The lowest BCUT2D eigenvalue weighted by molar-refractivity contribution is -0.145. The average Bonchev–Trinajstić information content (AvgIpc) is 3.07. The number of nitrogens with one attached hydrogen (secondary N) is 1. The Morgan fingerprint density at radius 3 is 2.46 bits per heavy atom. The Bertz CT molecular complexity index is 1150. The number of hydrogen-bond donors (Lipinski definition) is 1. The van der Waals surface area contributed by atoms with Crippen molar-refractivity contribution >= 4 is 69.1 Å². The fourth-order valence-corrected chi connectivity index (χ4v) is 4.53. The number of thioether (sulfide) groups is 1. The average molecular weight is 610 g/mol. The molecular weight excluding hydrogens is 587 g/mol. The molecule has 3 rings (SSSR count). The Hall–Kier alpha value is -3.06. The van der Waals surface area contributed by atoms with Crippen LogP contribution in [0.3, 0.4) is 0 Å². The molecule has 0 atom stereocenters. The number of halogens is 1. The van der Waals surface area contributed by atoms with Crippen LogP contribution in [0.5, 0.6) is 11.5 Å². The van der Waals surface area contributed by atoms with Gasteiger partial charge in [0.1, 0.15) is 18.0 Å². The Morgan fingerprint density at radius 1 is 1.06 bits per heavy atom. The Labute approximate surface area is 220 Å². The Balaban J connectivity index is 1.61. The molecule has 0 unspecified atom stereocenters. The summed E-state index contributed by atoms with van der Waals surface area (Å²) >= 11 is 2.82. The third kappa shape index (κ3) is 7.46. The van der Waals surface area contributed by atoms with Crippen LogP contribution in [0, 0.1) is 3.57 Å². The van der Waals surface area contributed by atoms with E-state index in [-0.39, 0.29) is 18.1 Å². The highest BCUT2D eigenvalue weighted by Crippen LogP contribution is 2.33. The largest absolute Gasteiger partial charge is 0.494 e. The molecule has 1 N–H and O–H groups in total. The molecule has 184 valence electrons. The summed E-state index contributed by atoms with van der Waals surface area (Å²) in [4.78, 5) is 50.1. The summed E-state index contributed by atoms with van der Waals surface area (Å²) in [6, 6.07) is 11.9. The lowest BCUT2D eigenvalue weighted by Gasteiger charge is -2.12. The maximum atomic E-state index is 12.8. The van der Waals surface area contributed by atoms with Crippen molar-refractivity contribution in [3.8, 4) is 11.5 Å². The zero-order valence-electron chi connectivity index (χ0n) is 19.0. The second-order valence-corrected chi connectivity index (χ2v) is 9.21. The van der Waals surface area contributed by atoms with Gasteiger partial charge in [0.05, 0.1) is 21.7 Å². The smallest absolute Gasteiger partial charge is 0.344 e. The molecule has 1 saturated heterocycles. The first-order chi connectivity index (χ1) is 16.8. The summed E-state index contributed by atoms with van der Waals surface area (Å²) in [5, 5.41) is 2.15. The number of hydrogen-bond acceptors (Lipinski definition) is 8. The van der Waals surface area contributed by atoms with Crippen LogP contribution in [0.2, 0.25) is 0 Å². The van der Waals surface area contributed by atoms with Crippen LogP contribution in [0.1, 0.15) is 19.4 Å². The van der Waals surface area contributed by atoms with E-state index in [0.29, 0.717) is 29.4 Å². The monoisotopic (exact) mass is 610 g/mol. The lowest BCUT2D eigenvalue weighted by Crippen LogP contribution is -2.36. The maximum absolute atomic E-state index is 12.8. The van der Waals surface area contributed by atoms with Gasteiger partial charge in [-0.3, -0.25) is 19.3 Å². The van der Waals surface area contributed by atoms with Crippen LogP contribution < -0.4 is 14.8 Å². The van der Waals surface area contributed by atoms with Crippen LogP contribution >= 0.6 is 34.4 Å². The standard InChI is InChI=1S/C24H23IN2O7S/c1-3-32-17-8-6-16(7-9-17)26-21(28)13-27-23(30)20(35-24(27)31)12-15-5-10-19(18(25)11-15)34-14-22(29)33-4-2/h5-12H,3-4,13-14H2,1-2H3,(H,26,28)/b20-12+. The van der Waals surface area contributed by atoms with Crippen LogP contribution in [-0.4, -0.2) is 54.3 Å². The van der Waals surface area contributed by atoms with Crippen LogP contribution in [-0.2, 0) is 19.1 Å². The predicted molar refractivity (Wildman–Crippen MR) is 140 cm³/mol. The lowest BCUT2D eigenvalue weighted by atomic mass is 10.2. The van der Waals surface area contributed by atoms with Crippen molar-refractivity contribution in [3.05, 3.63) is 56.5 Å². The number of carbonyl (C=O) groups is 4. The number of imide groups is 1. The Kier molecular flexibility index (Phi) is 9.55. The second-order valence-electron chi connectivity index (χ2n) is 7.06. The van der Waals surface area contributed by atoms with Crippen molar-refractivity contribution in [1.82, 2.24) is 4.90 Å². The van der Waals surface area contributed by atoms with Gasteiger partial charge < -0.3 is 19.5 Å². The van der Waals surface area contributed by atoms with E-state index in [4.69, 9.17) is 14.2 Å². The SMILES string of the molecule is CCOC(=O)COc1ccc(/C=C2/SC(=O)N(CC(=O)Nc3ccc(OCC)cc3)C2=O)cc1I. The first-order valence-electron chi connectivity index (χ1n) is 10.7. The molecule has 2 aromatic rings. The van der Waals surface area contributed by atoms with Gasteiger partial charge in [0.15, 0.2) is 6.61 Å². The molecule has 1 fully saturated rings. The highest BCUT2D eigenvalue weighted by Gasteiger charge is 2.36. The summed E-state index contributed by atoms with van der Waals surface area (Å²) < 4.78 is 16.4. The Morgan fingerprint density at radius 2 is 1.80 bits per heavy atom. The molecule has 9 nitrogen and oxygen atoms in total. The summed E-state index contributed by atoms with van der Waals surface area (Å²) in [5.41, 5.74) is 1.20. The van der Waals surface area contributed by atoms with Crippen LogP contribution in [0.15, 0.2) is 47.4 Å². The topological polar surface area (TPSA) is 111 Å². The molecule has 3 amide bonds. The third-order valence-corrected chi connectivity index (χ3v) is 6.28. The number of esters is 1. The van der Waals surface area contributed by atoms with Gasteiger partial charge >= 0.3 is 5.97 Å². The molecule has 0 radical (unpaired) electrons. The number of rotatable bonds is 10. The minimum absolute atomic E-state index is 0.208. The molecule has 0 aliphatic carbocycles. The molecule has 1 aliphatic rings. The first kappa shape index (κ1) is 26.5. The molecule has 2 aromatic carbocycles. The molecular formula is C24H23IN2O7S. The predicted octanol–water partition coefficient (Wildman–Crippen LogP) is 4.31. The van der Waals surface area contributed by atoms with Gasteiger partial charge in [-0.1, -0.05) is 6.07 Å². The van der Waals surface area contributed by atoms with E-state index in [1.807, 2.05) is 6.92 Å². The first-order valence-corrected chi connectivity index (χ1v) is 12.6. The van der Waals surface area contributed by atoms with Crippen molar-refractivity contribution < 1.29 is 33.4 Å². The summed E-state index contributed by atoms with van der Waals surface area (Å²) in [6.45, 7) is 3.79. The number of anilines is 1. The van der Waals surface area contributed by atoms with Crippen molar-refractivity contribution in [2.75, 3.05) is 31.7 Å². The zero-order chi connectivity index (χ0) is 25.4. The van der Waals surface area contributed by atoms with E-state index >= 15 is 0 Å². The number of benzene rings is 2. The molecule has 11 heteroatoms. The number of nitrogens with zero attached hydrogens (tertiary/aromatic N) is 1. The van der Waals surface area contributed by atoms with Crippen LogP contribution in [0.25, 0.3) is 6.08 Å². The molecule has 1 heterocycles. The number of amides is 3. The van der Waals surface area contributed by atoms with E-state index in [0.717, 1.165) is 20.2 Å². The zero-order valence-corrected chi connectivity index (χ0v) is 22.0. The molecule has 0 spiro atoms. The summed E-state index contributed by atoms with van der Waals surface area (Å²) in [6.07, 6.45) is 1.58. The van der Waals surface area contributed by atoms with Crippen molar-refractivity contribution in [2.24, 2.45) is 0 Å². The molecule has 1 aliphatic heterocycles. The van der Waals surface area contributed by atoms with Crippen LogP contribution in [0.4, 0.5) is 10.5 Å². The van der Waals surface area contributed by atoms with E-state index < -0.39 is 29.6 Å². The fraction of sp³-hybridized carbons (Fsp3) is 0.250. The molecule has 0 aromatic heterocycles.